The third-order valence-corrected chi connectivity index (χ3v) is 5.99. The Morgan fingerprint density at radius 2 is 1.74 bits per heavy atom. The molecule has 2 amide bonds. The molecule has 0 bridgehead atoms. The number of nitrogens with zero attached hydrogens (tertiary/aromatic N) is 1. The van der Waals surface area contributed by atoms with Gasteiger partial charge in [0.2, 0.25) is 5.89 Å². The molecule has 198 valence electrons. The van der Waals surface area contributed by atoms with Crippen LogP contribution in [0.3, 0.4) is 0 Å². The molecule has 8 nitrogen and oxygen atoms in total. The Balaban J connectivity index is 1.51. The Morgan fingerprint density at radius 1 is 0.947 bits per heavy atom. The lowest BCUT2D eigenvalue weighted by atomic mass is 10.1. The maximum absolute atomic E-state index is 13.3. The van der Waals surface area contributed by atoms with Gasteiger partial charge >= 0.3 is 12.0 Å². The zero-order chi connectivity index (χ0) is 26.9. The summed E-state index contributed by atoms with van der Waals surface area (Å²) >= 11 is 0. The molecule has 0 fully saturated rings. The van der Waals surface area contributed by atoms with Gasteiger partial charge in [-0.1, -0.05) is 31.5 Å². The zero-order valence-corrected chi connectivity index (χ0v) is 21.2. The molecular weight excluding hydrogens is 487 g/mol. The van der Waals surface area contributed by atoms with Crippen LogP contribution in [-0.4, -0.2) is 35.2 Å². The van der Waals surface area contributed by atoms with E-state index in [4.69, 9.17) is 14.5 Å². The van der Waals surface area contributed by atoms with Crippen LogP contribution < -0.4 is 16.0 Å². The number of hydrogen-bond donors (Lipinski definition) is 4. The lowest BCUT2D eigenvalue weighted by Gasteiger charge is -2.12. The quantitative estimate of drug-likeness (QED) is 0.152. The van der Waals surface area contributed by atoms with Crippen molar-refractivity contribution in [2.75, 3.05) is 23.7 Å². The molecule has 9 heteroatoms. The van der Waals surface area contributed by atoms with Gasteiger partial charge in [-0.25, -0.2) is 14.2 Å². The topological polar surface area (TPSA) is 116 Å². The number of carbonyl (C=O) groups is 2. The first-order valence-corrected chi connectivity index (χ1v) is 12.7. The third-order valence-electron chi connectivity index (χ3n) is 5.99. The number of fused-ring (bicyclic) bond motifs is 1. The number of amides is 2. The number of oxazole rings is 1. The van der Waals surface area contributed by atoms with Gasteiger partial charge in [-0.3, -0.25) is 4.79 Å². The molecule has 4 N–H and O–H groups in total. The van der Waals surface area contributed by atoms with E-state index in [2.05, 4.69) is 22.9 Å². The Kier molecular flexibility index (Phi) is 8.92. The fourth-order valence-corrected chi connectivity index (χ4v) is 4.03. The average Bonchev–Trinajstić information content (AvgIpc) is 3.33. The fourth-order valence-electron chi connectivity index (χ4n) is 4.03. The molecule has 38 heavy (non-hydrogen) atoms. The van der Waals surface area contributed by atoms with Gasteiger partial charge in [-0.05, 0) is 72.9 Å². The molecule has 4 rings (SSSR count). The van der Waals surface area contributed by atoms with E-state index >= 15 is 0 Å². The molecule has 1 heterocycles. The van der Waals surface area contributed by atoms with Crippen molar-refractivity contribution >= 4 is 34.5 Å². The highest BCUT2D eigenvalue weighted by Crippen LogP contribution is 2.34. The number of carbonyl (C=O) groups excluding carboxylic acids is 1. The summed E-state index contributed by atoms with van der Waals surface area (Å²) in [6.45, 7) is 3.29. The molecule has 1 aromatic heterocycles. The van der Waals surface area contributed by atoms with Crippen LogP contribution in [-0.2, 0) is 4.79 Å². The van der Waals surface area contributed by atoms with Crippen molar-refractivity contribution in [3.8, 4) is 22.6 Å². The largest absolute Gasteiger partial charge is 0.481 e. The number of aliphatic carboxylic acids is 1. The summed E-state index contributed by atoms with van der Waals surface area (Å²) in [6, 6.07) is 17.1. The lowest BCUT2D eigenvalue weighted by Crippen LogP contribution is -2.29. The summed E-state index contributed by atoms with van der Waals surface area (Å²) in [6.07, 6.45) is 3.09. The summed E-state index contributed by atoms with van der Waals surface area (Å²) in [5.41, 5.74) is 5.19. The number of nitrogens with one attached hydrogen (secondary N) is 3. The van der Waals surface area contributed by atoms with Crippen molar-refractivity contribution in [2.24, 2.45) is 0 Å². The van der Waals surface area contributed by atoms with Crippen LogP contribution in [0.4, 0.5) is 20.6 Å². The van der Waals surface area contributed by atoms with Crippen molar-refractivity contribution in [2.45, 2.75) is 39.0 Å². The Hall–Kier alpha value is -4.40. The van der Waals surface area contributed by atoms with Crippen LogP contribution in [0.25, 0.3) is 33.7 Å². The zero-order valence-electron chi connectivity index (χ0n) is 21.2. The Labute approximate surface area is 220 Å². The lowest BCUT2D eigenvalue weighted by molar-refractivity contribution is -0.137. The third kappa shape index (κ3) is 7.09. The van der Waals surface area contributed by atoms with Crippen LogP contribution in [0.2, 0.25) is 0 Å². The molecule has 0 spiro atoms. The minimum Gasteiger partial charge on any atom is -0.481 e. The second-order valence-corrected chi connectivity index (χ2v) is 8.98. The second-order valence-electron chi connectivity index (χ2n) is 8.98. The minimum atomic E-state index is -0.810. The molecule has 4 aromatic rings. The van der Waals surface area contributed by atoms with Crippen LogP contribution in [0, 0.1) is 5.82 Å². The molecule has 0 atom stereocenters. The first-order valence-electron chi connectivity index (χ1n) is 12.7. The number of carboxylic acid groups (broad SMARTS) is 1. The summed E-state index contributed by atoms with van der Waals surface area (Å²) in [4.78, 5) is 27.7. The SMILES string of the molecule is CCCNc1ccc(NC(=O)NCCCCCC(=O)O)cc1-c1nc2cc(-c3ccc(F)cc3)ccc2o1. The predicted octanol–water partition coefficient (Wildman–Crippen LogP) is 6.89. The molecule has 0 aliphatic carbocycles. The van der Waals surface area contributed by atoms with Crippen LogP contribution in [0.15, 0.2) is 65.1 Å². The standard InChI is InChI=1S/C29H31FN4O4/c1-2-15-31-24-13-12-22(33-29(37)32-16-5-3-4-6-27(35)36)18-23(24)28-34-25-17-20(9-14-26(25)38-28)19-7-10-21(30)11-8-19/h7-14,17-18,31H,2-6,15-16H2,1H3,(H,35,36)(H2,32,33,37). The van der Waals surface area contributed by atoms with E-state index in [0.29, 0.717) is 47.6 Å². The number of halogens is 1. The van der Waals surface area contributed by atoms with Crippen molar-refractivity contribution in [1.29, 1.82) is 0 Å². The Morgan fingerprint density at radius 3 is 2.50 bits per heavy atom. The molecule has 0 unspecified atom stereocenters. The monoisotopic (exact) mass is 518 g/mol. The fraction of sp³-hybridized carbons (Fsp3) is 0.276. The van der Waals surface area contributed by atoms with Gasteiger partial charge in [0.1, 0.15) is 11.3 Å². The number of aromatic nitrogens is 1. The predicted molar refractivity (Wildman–Crippen MR) is 147 cm³/mol. The molecular formula is C29H31FN4O4. The van der Waals surface area contributed by atoms with E-state index in [-0.39, 0.29) is 18.3 Å². The van der Waals surface area contributed by atoms with E-state index in [9.17, 15) is 14.0 Å². The van der Waals surface area contributed by atoms with E-state index in [1.165, 1.54) is 12.1 Å². The van der Waals surface area contributed by atoms with Gasteiger partial charge in [-0.15, -0.1) is 0 Å². The molecule has 0 saturated heterocycles. The van der Waals surface area contributed by atoms with Gasteiger partial charge in [0.15, 0.2) is 5.58 Å². The van der Waals surface area contributed by atoms with Crippen LogP contribution in [0.5, 0.6) is 0 Å². The van der Waals surface area contributed by atoms with Crippen molar-refractivity contribution in [1.82, 2.24) is 10.3 Å². The van der Waals surface area contributed by atoms with Gasteiger partial charge in [0.05, 0.1) is 5.56 Å². The Bertz CT molecular complexity index is 1400. The molecule has 3 aromatic carbocycles. The summed E-state index contributed by atoms with van der Waals surface area (Å²) in [7, 11) is 0. The van der Waals surface area contributed by atoms with Crippen molar-refractivity contribution < 1.29 is 23.5 Å². The minimum absolute atomic E-state index is 0.136. The first kappa shape index (κ1) is 26.7. The highest BCUT2D eigenvalue weighted by Gasteiger charge is 2.15. The van der Waals surface area contributed by atoms with E-state index in [1.807, 2.05) is 36.4 Å². The van der Waals surface area contributed by atoms with E-state index in [0.717, 1.165) is 36.2 Å². The highest BCUT2D eigenvalue weighted by atomic mass is 19.1. The summed E-state index contributed by atoms with van der Waals surface area (Å²) < 4.78 is 19.4. The second kappa shape index (κ2) is 12.7. The average molecular weight is 519 g/mol. The maximum Gasteiger partial charge on any atom is 0.319 e. The van der Waals surface area contributed by atoms with Crippen molar-refractivity contribution in [3.63, 3.8) is 0 Å². The van der Waals surface area contributed by atoms with Gasteiger partial charge < -0.3 is 25.5 Å². The molecule has 0 aliphatic heterocycles. The number of carboxylic acids is 1. The van der Waals surface area contributed by atoms with Gasteiger partial charge in [-0.2, -0.15) is 0 Å². The number of hydrogen-bond acceptors (Lipinski definition) is 5. The molecule has 0 saturated carbocycles. The van der Waals surface area contributed by atoms with Gasteiger partial charge in [0, 0.05) is 30.9 Å². The number of unbranched alkanes of at least 4 members (excludes halogenated alkanes) is 2. The normalized spacial score (nSPS) is 10.9. The molecule has 0 aliphatic rings. The van der Waals surface area contributed by atoms with Gasteiger partial charge in [0.25, 0.3) is 0 Å². The van der Waals surface area contributed by atoms with Crippen LogP contribution >= 0.6 is 0 Å². The summed E-state index contributed by atoms with van der Waals surface area (Å²) in [5, 5.41) is 17.7. The number of rotatable bonds is 12. The van der Waals surface area contributed by atoms with Crippen LogP contribution in [0.1, 0.15) is 39.0 Å². The number of anilines is 2. The number of benzene rings is 3. The molecule has 0 radical (unpaired) electrons. The highest BCUT2D eigenvalue weighted by molar-refractivity contribution is 5.92. The number of urea groups is 1. The van der Waals surface area contributed by atoms with Crippen molar-refractivity contribution in [3.05, 3.63) is 66.5 Å². The van der Waals surface area contributed by atoms with E-state index in [1.54, 1.807) is 12.1 Å². The van der Waals surface area contributed by atoms with E-state index < -0.39 is 5.97 Å². The first-order chi connectivity index (χ1) is 18.4. The summed E-state index contributed by atoms with van der Waals surface area (Å²) in [5.74, 6) is -0.684. The smallest absolute Gasteiger partial charge is 0.319 e. The maximum atomic E-state index is 13.3.